The van der Waals surface area contributed by atoms with Gasteiger partial charge in [0.15, 0.2) is 0 Å². The van der Waals surface area contributed by atoms with Crippen LogP contribution in [0.5, 0.6) is 5.75 Å². The monoisotopic (exact) mass is 447 g/mol. The third-order valence-electron chi connectivity index (χ3n) is 4.92. The Bertz CT molecular complexity index is 838. The van der Waals surface area contributed by atoms with Gasteiger partial charge in [0.05, 0.1) is 13.7 Å². The number of halogens is 1. The smallest absolute Gasteiger partial charge is 0.242 e. The minimum absolute atomic E-state index is 0.0399. The number of amides is 2. The van der Waals surface area contributed by atoms with Crippen LogP contribution in [0, 0.1) is 0 Å². The number of thioether (sulfide) groups is 1. The minimum atomic E-state index is -0.107. The fourth-order valence-electron chi connectivity index (χ4n) is 3.17. The van der Waals surface area contributed by atoms with Crippen molar-refractivity contribution in [2.75, 3.05) is 50.5 Å². The molecule has 1 aliphatic heterocycles. The second kappa shape index (κ2) is 11.1. The standard InChI is InChI=1S/C22H26ClN3O3S/c1-29-19-6-8-20(9-7-19)30-15-10-21(27)24-16-22(28)26-13-11-25(12-14-26)18-4-2-17(23)3-5-18/h2-9H,10-16H2,1H3,(H,24,27). The van der Waals surface area contributed by atoms with E-state index < -0.39 is 0 Å². The molecule has 2 amide bonds. The molecule has 1 N–H and O–H groups in total. The molecule has 0 bridgehead atoms. The second-order valence-electron chi connectivity index (χ2n) is 6.89. The summed E-state index contributed by atoms with van der Waals surface area (Å²) < 4.78 is 5.13. The maximum Gasteiger partial charge on any atom is 0.242 e. The molecular formula is C22H26ClN3O3S. The summed E-state index contributed by atoms with van der Waals surface area (Å²) in [5, 5.41) is 3.46. The van der Waals surface area contributed by atoms with Crippen molar-refractivity contribution >= 4 is 40.9 Å². The zero-order valence-corrected chi connectivity index (χ0v) is 18.5. The van der Waals surface area contributed by atoms with E-state index in [2.05, 4.69) is 10.2 Å². The van der Waals surface area contributed by atoms with Crippen molar-refractivity contribution in [1.82, 2.24) is 10.2 Å². The summed E-state index contributed by atoms with van der Waals surface area (Å²) in [4.78, 5) is 29.6. The highest BCUT2D eigenvalue weighted by molar-refractivity contribution is 7.99. The van der Waals surface area contributed by atoms with E-state index in [0.29, 0.717) is 30.3 Å². The Morgan fingerprint density at radius 3 is 2.33 bits per heavy atom. The zero-order valence-electron chi connectivity index (χ0n) is 17.0. The van der Waals surface area contributed by atoms with Gasteiger partial charge in [-0.3, -0.25) is 9.59 Å². The number of methoxy groups -OCH3 is 1. The van der Waals surface area contributed by atoms with Gasteiger partial charge in [0.2, 0.25) is 11.8 Å². The average Bonchev–Trinajstić information content (AvgIpc) is 2.78. The van der Waals surface area contributed by atoms with Crippen molar-refractivity contribution in [2.24, 2.45) is 0 Å². The van der Waals surface area contributed by atoms with Crippen LogP contribution in [0.4, 0.5) is 5.69 Å². The molecule has 0 radical (unpaired) electrons. The zero-order chi connectivity index (χ0) is 21.3. The van der Waals surface area contributed by atoms with E-state index in [9.17, 15) is 9.59 Å². The van der Waals surface area contributed by atoms with E-state index in [-0.39, 0.29) is 18.4 Å². The topological polar surface area (TPSA) is 61.9 Å². The number of rotatable bonds is 8. The molecule has 0 unspecified atom stereocenters. The van der Waals surface area contributed by atoms with Crippen molar-refractivity contribution in [3.8, 4) is 5.75 Å². The van der Waals surface area contributed by atoms with E-state index in [1.165, 1.54) is 0 Å². The van der Waals surface area contributed by atoms with Gasteiger partial charge in [-0.05, 0) is 48.5 Å². The van der Waals surface area contributed by atoms with Crippen LogP contribution >= 0.6 is 23.4 Å². The van der Waals surface area contributed by atoms with Crippen LogP contribution in [0.3, 0.4) is 0 Å². The second-order valence-corrected chi connectivity index (χ2v) is 8.50. The number of carbonyl (C=O) groups is 2. The quantitative estimate of drug-likeness (QED) is 0.629. The Morgan fingerprint density at radius 2 is 1.70 bits per heavy atom. The van der Waals surface area contributed by atoms with Crippen LogP contribution in [-0.2, 0) is 9.59 Å². The molecule has 2 aromatic rings. The Hall–Kier alpha value is -2.38. The van der Waals surface area contributed by atoms with Gasteiger partial charge < -0.3 is 19.9 Å². The van der Waals surface area contributed by atoms with Crippen molar-refractivity contribution in [2.45, 2.75) is 11.3 Å². The summed E-state index contributed by atoms with van der Waals surface area (Å²) in [6, 6.07) is 15.5. The molecule has 3 rings (SSSR count). The number of nitrogens with one attached hydrogen (secondary N) is 1. The van der Waals surface area contributed by atoms with Gasteiger partial charge in [-0.25, -0.2) is 0 Å². The minimum Gasteiger partial charge on any atom is -0.497 e. The Morgan fingerprint density at radius 1 is 1.03 bits per heavy atom. The van der Waals surface area contributed by atoms with Crippen molar-refractivity contribution < 1.29 is 14.3 Å². The highest BCUT2D eigenvalue weighted by atomic mass is 35.5. The summed E-state index contributed by atoms with van der Waals surface area (Å²) in [5.41, 5.74) is 1.11. The van der Waals surface area contributed by atoms with Crippen LogP contribution in [0.2, 0.25) is 5.02 Å². The normalized spacial score (nSPS) is 13.8. The summed E-state index contributed by atoms with van der Waals surface area (Å²) in [5.74, 6) is 1.32. The van der Waals surface area contributed by atoms with Gasteiger partial charge in [0, 0.05) is 54.0 Å². The van der Waals surface area contributed by atoms with E-state index in [1.54, 1.807) is 23.8 Å². The van der Waals surface area contributed by atoms with Crippen LogP contribution in [-0.4, -0.2) is 62.3 Å². The fraction of sp³-hybridized carbons (Fsp3) is 0.364. The van der Waals surface area contributed by atoms with Gasteiger partial charge in [-0.1, -0.05) is 11.6 Å². The molecule has 0 saturated carbocycles. The molecule has 1 saturated heterocycles. The molecule has 0 aliphatic carbocycles. The predicted molar refractivity (Wildman–Crippen MR) is 122 cm³/mol. The maximum atomic E-state index is 12.4. The van der Waals surface area contributed by atoms with Crippen molar-refractivity contribution in [3.63, 3.8) is 0 Å². The molecule has 160 valence electrons. The summed E-state index contributed by atoms with van der Waals surface area (Å²) in [7, 11) is 1.63. The molecule has 1 heterocycles. The first-order valence-corrected chi connectivity index (χ1v) is 11.2. The van der Waals surface area contributed by atoms with Crippen LogP contribution in [0.15, 0.2) is 53.4 Å². The van der Waals surface area contributed by atoms with E-state index >= 15 is 0 Å². The number of hydrogen-bond acceptors (Lipinski definition) is 5. The lowest BCUT2D eigenvalue weighted by Gasteiger charge is -2.36. The number of hydrogen-bond donors (Lipinski definition) is 1. The number of carbonyl (C=O) groups excluding carboxylic acids is 2. The molecular weight excluding hydrogens is 422 g/mol. The lowest BCUT2D eigenvalue weighted by atomic mass is 10.2. The number of piperazine rings is 1. The van der Waals surface area contributed by atoms with E-state index in [0.717, 1.165) is 29.4 Å². The Kier molecular flexibility index (Phi) is 8.28. The number of nitrogens with zero attached hydrogens (tertiary/aromatic N) is 2. The number of anilines is 1. The van der Waals surface area contributed by atoms with Gasteiger partial charge >= 0.3 is 0 Å². The highest BCUT2D eigenvalue weighted by Gasteiger charge is 2.21. The molecule has 30 heavy (non-hydrogen) atoms. The molecule has 0 aromatic heterocycles. The molecule has 1 aliphatic rings. The summed E-state index contributed by atoms with van der Waals surface area (Å²) in [6.07, 6.45) is 0.369. The maximum absolute atomic E-state index is 12.4. The Balaban J connectivity index is 1.33. The Labute approximate surface area is 186 Å². The summed E-state index contributed by atoms with van der Waals surface area (Å²) in [6.45, 7) is 2.86. The number of ether oxygens (including phenoxy) is 1. The lowest BCUT2D eigenvalue weighted by molar-refractivity contribution is -0.133. The first-order chi connectivity index (χ1) is 14.5. The fourth-order valence-corrected chi connectivity index (χ4v) is 4.15. The van der Waals surface area contributed by atoms with Crippen molar-refractivity contribution in [3.05, 3.63) is 53.6 Å². The lowest BCUT2D eigenvalue weighted by Crippen LogP contribution is -2.51. The molecule has 8 heteroatoms. The summed E-state index contributed by atoms with van der Waals surface area (Å²) >= 11 is 7.54. The molecule has 0 spiro atoms. The van der Waals surface area contributed by atoms with Gasteiger partial charge in [0.25, 0.3) is 0 Å². The van der Waals surface area contributed by atoms with Crippen molar-refractivity contribution in [1.29, 1.82) is 0 Å². The number of benzene rings is 2. The first kappa shape index (κ1) is 22.3. The molecule has 6 nitrogen and oxygen atoms in total. The SMILES string of the molecule is COc1ccc(SCCC(=O)NCC(=O)N2CCN(c3ccc(Cl)cc3)CC2)cc1. The van der Waals surface area contributed by atoms with E-state index in [1.807, 2.05) is 48.5 Å². The predicted octanol–water partition coefficient (Wildman–Crippen LogP) is 3.30. The first-order valence-electron chi connectivity index (χ1n) is 9.87. The molecule has 0 atom stereocenters. The molecule has 1 fully saturated rings. The van der Waals surface area contributed by atoms with Gasteiger partial charge in [0.1, 0.15) is 5.75 Å². The van der Waals surface area contributed by atoms with Crippen LogP contribution in [0.25, 0.3) is 0 Å². The molecule has 2 aromatic carbocycles. The van der Waals surface area contributed by atoms with E-state index in [4.69, 9.17) is 16.3 Å². The largest absolute Gasteiger partial charge is 0.497 e. The van der Waals surface area contributed by atoms with Crippen LogP contribution in [0.1, 0.15) is 6.42 Å². The van der Waals surface area contributed by atoms with Gasteiger partial charge in [-0.15, -0.1) is 11.8 Å². The van der Waals surface area contributed by atoms with Gasteiger partial charge in [-0.2, -0.15) is 0 Å². The van der Waals surface area contributed by atoms with Crippen LogP contribution < -0.4 is 15.0 Å². The average molecular weight is 448 g/mol. The third-order valence-corrected chi connectivity index (χ3v) is 6.18. The highest BCUT2D eigenvalue weighted by Crippen LogP contribution is 2.22. The third kappa shape index (κ3) is 6.57.